The van der Waals surface area contributed by atoms with E-state index in [1.165, 1.54) is 5.56 Å². The summed E-state index contributed by atoms with van der Waals surface area (Å²) in [5.41, 5.74) is 1.27. The second-order valence-electron chi connectivity index (χ2n) is 2.31. The van der Waals surface area contributed by atoms with Crippen molar-refractivity contribution in [1.82, 2.24) is 0 Å². The van der Waals surface area contributed by atoms with Crippen LogP contribution >= 0.6 is 34.8 Å². The first-order chi connectivity index (χ1) is 9.17. The van der Waals surface area contributed by atoms with Crippen molar-refractivity contribution < 1.29 is 19.2 Å². The Morgan fingerprint density at radius 1 is 1.05 bits per heavy atom. The van der Waals surface area contributed by atoms with Gasteiger partial charge in [0.15, 0.2) is 0 Å². The maximum absolute atomic E-state index is 8.12. The number of thiol groups is 1. The van der Waals surface area contributed by atoms with Crippen molar-refractivity contribution in [3.8, 4) is 0 Å². The fourth-order valence-electron chi connectivity index (χ4n) is 0.583. The van der Waals surface area contributed by atoms with Crippen molar-refractivity contribution in [2.75, 3.05) is 0 Å². The number of hydrogen-bond acceptors (Lipinski definition) is 6. The maximum atomic E-state index is 8.12. The van der Waals surface area contributed by atoms with Crippen LogP contribution in [0.15, 0.2) is 30.3 Å². The number of hydrogen-bond donors (Lipinski definition) is 1. The van der Waals surface area contributed by atoms with E-state index in [-0.39, 0.29) is 50.0 Å². The molecule has 0 aliphatic carbocycles. The predicted octanol–water partition coefficient (Wildman–Crippen LogP) is 2.12. The molecule has 0 amide bonds. The summed E-state index contributed by atoms with van der Waals surface area (Å²) in [6.45, 7) is 0. The van der Waals surface area contributed by atoms with Gasteiger partial charge in [0.1, 0.15) is 0 Å². The Balaban J connectivity index is -0.0000000538. The molecule has 0 heterocycles. The Bertz CT molecular complexity index is 316. The predicted molar refractivity (Wildman–Crippen MR) is 90.4 cm³/mol. The number of benzene rings is 1. The van der Waals surface area contributed by atoms with E-state index < -0.39 is 0 Å². The van der Waals surface area contributed by atoms with Crippen molar-refractivity contribution in [1.29, 1.82) is 0 Å². The Kier molecular flexibility index (Phi) is 69.7. The quantitative estimate of drug-likeness (QED) is 0.356. The van der Waals surface area contributed by atoms with Crippen LogP contribution in [0.3, 0.4) is 0 Å². The molecule has 0 unspecified atom stereocenters. The number of carbonyl (C=O) groups excluding carboxylic acids is 4. The fourth-order valence-corrected chi connectivity index (χ4v) is 0.794. The molecule has 9 heteroatoms. The zero-order chi connectivity index (χ0) is 15.9. The van der Waals surface area contributed by atoms with Crippen molar-refractivity contribution in [2.45, 2.75) is 14.7 Å². The minimum atomic E-state index is 0. The first kappa shape index (κ1) is 32.6. The van der Waals surface area contributed by atoms with Gasteiger partial charge in [-0.3, -0.25) is 0 Å². The number of rotatable bonds is 1. The molecule has 0 N–H and O–H groups in total. The van der Waals surface area contributed by atoms with Gasteiger partial charge < -0.3 is 0 Å². The van der Waals surface area contributed by atoms with Gasteiger partial charge in [0.05, 0.1) is 0 Å². The summed E-state index contributed by atoms with van der Waals surface area (Å²) in [5, 5.41) is 0. The van der Waals surface area contributed by atoms with E-state index in [0.29, 0.717) is 0 Å². The molecular weight excluding hydrogens is 707 g/mol. The van der Waals surface area contributed by atoms with E-state index in [1.54, 1.807) is 0 Å². The zero-order valence-electron chi connectivity index (χ0n) is 11.1. The molecule has 0 aromatic heterocycles. The normalized spacial score (nSPS) is 5.55. The SMILES string of the molecule is O=C=O.O=C=O.S.SCc1ccccc1.[CH3][Pb][CH3].[S]=[Pb]. The summed E-state index contributed by atoms with van der Waals surface area (Å²) in [4.78, 5) is 32.5. The summed E-state index contributed by atoms with van der Waals surface area (Å²) in [7, 11) is 4.22. The molecule has 0 fully saturated rings. The molecule has 4 nitrogen and oxygen atoms in total. The van der Waals surface area contributed by atoms with Crippen LogP contribution in [-0.4, -0.2) is 60.2 Å². The van der Waals surface area contributed by atoms with Gasteiger partial charge in [0.25, 0.3) is 0 Å². The molecule has 0 bridgehead atoms. The third-order valence-electron chi connectivity index (χ3n) is 1.03. The van der Waals surface area contributed by atoms with Crippen LogP contribution in [0, 0.1) is 0 Å². The van der Waals surface area contributed by atoms with Crippen LogP contribution in [0.4, 0.5) is 0 Å². The summed E-state index contributed by atoms with van der Waals surface area (Å²) in [5.74, 6) is 0.834. The van der Waals surface area contributed by atoms with Crippen LogP contribution in [-0.2, 0) is 24.9 Å². The van der Waals surface area contributed by atoms with Gasteiger partial charge in [0.2, 0.25) is 0 Å². The molecule has 1 aromatic carbocycles. The Hall–Kier alpha value is 0.744. The van der Waals surface area contributed by atoms with E-state index in [2.05, 4.69) is 42.4 Å². The van der Waals surface area contributed by atoms with Crippen LogP contribution < -0.4 is 0 Å². The monoisotopic (exact) mass is 724 g/mol. The summed E-state index contributed by atoms with van der Waals surface area (Å²) >= 11 is 5.08. The average molecular weight is 723 g/mol. The molecule has 0 spiro atoms. The standard InChI is InChI=1S/C7H8S.2CO2.2CH3.2Pb.H2S.S/c8-6-7-4-2-1-3-5-7;2*2-1-3;;;;;;/h1-5,8H,6H2;;;2*1H3;;;1H2;. The van der Waals surface area contributed by atoms with E-state index in [4.69, 9.17) is 19.2 Å². The Morgan fingerprint density at radius 2 is 1.30 bits per heavy atom. The van der Waals surface area contributed by atoms with E-state index in [9.17, 15) is 0 Å². The van der Waals surface area contributed by atoms with E-state index >= 15 is 0 Å². The zero-order valence-corrected chi connectivity index (χ0v) is 21.6. The molecule has 0 saturated carbocycles. The van der Waals surface area contributed by atoms with Crippen molar-refractivity contribution >= 4 is 95.0 Å². The Labute approximate surface area is 163 Å². The molecule has 0 atom stereocenters. The summed E-state index contributed by atoms with van der Waals surface area (Å²) in [6, 6.07) is 10.2. The van der Waals surface area contributed by atoms with Crippen LogP contribution in [0.2, 0.25) is 8.97 Å². The molecule has 1 aromatic rings. The van der Waals surface area contributed by atoms with Crippen molar-refractivity contribution in [2.24, 2.45) is 0 Å². The van der Waals surface area contributed by atoms with Gasteiger partial charge >= 0.3 is 77.8 Å². The third kappa shape index (κ3) is 51.1. The molecule has 110 valence electrons. The summed E-state index contributed by atoms with van der Waals surface area (Å²) < 4.78 is 4.64. The topological polar surface area (TPSA) is 68.3 Å². The van der Waals surface area contributed by atoms with Gasteiger partial charge in [-0.2, -0.15) is 45.3 Å². The minimum absolute atomic E-state index is 0. The van der Waals surface area contributed by atoms with Crippen LogP contribution in [0.25, 0.3) is 0 Å². The van der Waals surface area contributed by atoms with Crippen molar-refractivity contribution in [3.63, 3.8) is 0 Å². The molecule has 0 saturated heterocycles. The van der Waals surface area contributed by atoms with Gasteiger partial charge in [0, 0.05) is 5.75 Å². The van der Waals surface area contributed by atoms with Crippen LogP contribution in [0.1, 0.15) is 5.56 Å². The van der Waals surface area contributed by atoms with E-state index in [1.807, 2.05) is 18.2 Å². The third-order valence-corrected chi connectivity index (χ3v) is 1.39. The fraction of sp³-hybridized carbons (Fsp3) is 0.273. The van der Waals surface area contributed by atoms with Crippen LogP contribution in [0.5, 0.6) is 0 Å². The average Bonchev–Trinajstić information content (AvgIpc) is 2.45. The second kappa shape index (κ2) is 42.7. The van der Waals surface area contributed by atoms with Gasteiger partial charge in [-0.15, -0.1) is 0 Å². The van der Waals surface area contributed by atoms with Gasteiger partial charge in [-0.05, 0) is 5.56 Å². The van der Waals surface area contributed by atoms with E-state index in [0.717, 1.165) is 29.4 Å². The molecule has 4 radical (unpaired) electrons. The second-order valence-corrected chi connectivity index (χ2v) is 6.51. The molecule has 1 rings (SSSR count). The molecule has 20 heavy (non-hydrogen) atoms. The molecule has 0 aliphatic heterocycles. The van der Waals surface area contributed by atoms with Gasteiger partial charge in [-0.1, -0.05) is 30.3 Å². The summed E-state index contributed by atoms with van der Waals surface area (Å²) in [6.07, 6.45) is 0.500. The van der Waals surface area contributed by atoms with Gasteiger partial charge in [-0.25, -0.2) is 0 Å². The molecular formula is C11H16O4Pb2S3. The Morgan fingerprint density at radius 3 is 1.45 bits per heavy atom. The first-order valence-corrected chi connectivity index (χ1v) is 18.2. The first-order valence-electron chi connectivity index (χ1n) is 4.60. The molecule has 0 aliphatic rings. The van der Waals surface area contributed by atoms with Crippen molar-refractivity contribution in [3.05, 3.63) is 35.9 Å².